The van der Waals surface area contributed by atoms with Crippen LogP contribution in [-0.2, 0) is 18.3 Å². The van der Waals surface area contributed by atoms with Gasteiger partial charge in [-0.15, -0.1) is 0 Å². The Hall–Kier alpha value is -2.77. The highest BCUT2D eigenvalue weighted by Gasteiger charge is 2.13. The second-order valence-electron chi connectivity index (χ2n) is 5.14. The Balaban J connectivity index is 1.73. The summed E-state index contributed by atoms with van der Waals surface area (Å²) in [6.07, 6.45) is 5.86. The molecule has 0 saturated heterocycles. The molecule has 8 nitrogen and oxygen atoms in total. The molecule has 1 N–H and O–H groups in total. The fraction of sp³-hybridized carbons (Fsp3) is 0.357. The first kappa shape index (κ1) is 14.2. The largest absolute Gasteiger partial charge is 0.320 e. The van der Waals surface area contributed by atoms with Crippen molar-refractivity contribution in [3.05, 3.63) is 35.7 Å². The summed E-state index contributed by atoms with van der Waals surface area (Å²) >= 11 is 0. The molecule has 0 aliphatic heterocycles. The number of carbonyl (C=O) groups excluding carboxylic acids is 1. The number of imidazole rings is 1. The molecule has 0 aromatic carbocycles. The molecule has 8 heteroatoms. The van der Waals surface area contributed by atoms with E-state index in [1.807, 2.05) is 20.9 Å². The molecule has 0 spiro atoms. The van der Waals surface area contributed by atoms with Crippen LogP contribution in [0.4, 0.5) is 5.95 Å². The number of carbonyl (C=O) groups is 1. The van der Waals surface area contributed by atoms with E-state index in [0.717, 1.165) is 17.0 Å². The number of amides is 1. The van der Waals surface area contributed by atoms with Gasteiger partial charge in [0.05, 0.1) is 0 Å². The van der Waals surface area contributed by atoms with Crippen molar-refractivity contribution in [3.63, 3.8) is 0 Å². The van der Waals surface area contributed by atoms with Gasteiger partial charge in [-0.2, -0.15) is 10.1 Å². The number of aryl methyl sites for hydroxylation is 3. The SMILES string of the molecule is Cc1nc2ncnn2c(C)c1CCC(=O)Nc1nccn1C. The minimum Gasteiger partial charge on any atom is -0.320 e. The quantitative estimate of drug-likeness (QED) is 0.777. The molecule has 0 aliphatic carbocycles. The lowest BCUT2D eigenvalue weighted by molar-refractivity contribution is -0.116. The predicted molar refractivity (Wildman–Crippen MR) is 80.4 cm³/mol. The lowest BCUT2D eigenvalue weighted by atomic mass is 10.1. The van der Waals surface area contributed by atoms with Gasteiger partial charge in [-0.05, 0) is 25.8 Å². The van der Waals surface area contributed by atoms with Crippen LogP contribution in [0, 0.1) is 13.8 Å². The normalized spacial score (nSPS) is 11.0. The Bertz CT molecular complexity index is 833. The summed E-state index contributed by atoms with van der Waals surface area (Å²) in [7, 11) is 1.83. The van der Waals surface area contributed by atoms with E-state index in [9.17, 15) is 4.79 Å². The molecule has 3 aromatic rings. The Labute approximate surface area is 127 Å². The van der Waals surface area contributed by atoms with Gasteiger partial charge in [0.2, 0.25) is 11.9 Å². The van der Waals surface area contributed by atoms with Crippen LogP contribution in [0.5, 0.6) is 0 Å². The summed E-state index contributed by atoms with van der Waals surface area (Å²) in [5.41, 5.74) is 2.86. The zero-order valence-corrected chi connectivity index (χ0v) is 12.7. The predicted octanol–water partition coefficient (Wildman–Crippen LogP) is 1.05. The van der Waals surface area contributed by atoms with Crippen molar-refractivity contribution in [1.82, 2.24) is 29.1 Å². The lowest BCUT2D eigenvalue weighted by Gasteiger charge is -2.10. The Morgan fingerprint density at radius 3 is 2.86 bits per heavy atom. The molecule has 3 heterocycles. The number of aromatic nitrogens is 6. The van der Waals surface area contributed by atoms with Gasteiger partial charge in [-0.3, -0.25) is 10.1 Å². The first-order chi connectivity index (χ1) is 10.6. The first-order valence-electron chi connectivity index (χ1n) is 6.99. The second-order valence-corrected chi connectivity index (χ2v) is 5.14. The van der Waals surface area contributed by atoms with Crippen molar-refractivity contribution < 1.29 is 4.79 Å². The van der Waals surface area contributed by atoms with Crippen LogP contribution in [0.1, 0.15) is 23.4 Å². The highest BCUT2D eigenvalue weighted by molar-refractivity contribution is 5.89. The summed E-state index contributed by atoms with van der Waals surface area (Å²) in [5.74, 6) is 1.05. The first-order valence-corrected chi connectivity index (χ1v) is 6.99. The smallest absolute Gasteiger partial charge is 0.252 e. The van der Waals surface area contributed by atoms with E-state index >= 15 is 0 Å². The molecule has 22 heavy (non-hydrogen) atoms. The molecule has 0 radical (unpaired) electrons. The van der Waals surface area contributed by atoms with Crippen LogP contribution >= 0.6 is 0 Å². The number of fused-ring (bicyclic) bond motifs is 1. The van der Waals surface area contributed by atoms with E-state index in [1.165, 1.54) is 6.33 Å². The molecule has 0 unspecified atom stereocenters. The number of hydrogen-bond acceptors (Lipinski definition) is 5. The van der Waals surface area contributed by atoms with E-state index in [4.69, 9.17) is 0 Å². The topological polar surface area (TPSA) is 90.0 Å². The summed E-state index contributed by atoms with van der Waals surface area (Å²) in [6.45, 7) is 3.88. The molecule has 3 rings (SSSR count). The summed E-state index contributed by atoms with van der Waals surface area (Å²) in [6, 6.07) is 0. The third-order valence-corrected chi connectivity index (χ3v) is 3.66. The van der Waals surface area contributed by atoms with Crippen LogP contribution < -0.4 is 5.32 Å². The van der Waals surface area contributed by atoms with Crippen molar-refractivity contribution in [3.8, 4) is 0 Å². The van der Waals surface area contributed by atoms with Gasteiger partial charge in [-0.25, -0.2) is 14.5 Å². The maximum Gasteiger partial charge on any atom is 0.252 e. The van der Waals surface area contributed by atoms with Gasteiger partial charge in [0.25, 0.3) is 5.78 Å². The number of nitrogens with zero attached hydrogens (tertiary/aromatic N) is 6. The Morgan fingerprint density at radius 2 is 2.14 bits per heavy atom. The average Bonchev–Trinajstić information content (AvgIpc) is 3.08. The van der Waals surface area contributed by atoms with Crippen LogP contribution in [0.15, 0.2) is 18.7 Å². The van der Waals surface area contributed by atoms with Crippen molar-refractivity contribution in [2.75, 3.05) is 5.32 Å². The summed E-state index contributed by atoms with van der Waals surface area (Å²) < 4.78 is 3.45. The zero-order valence-electron chi connectivity index (χ0n) is 12.7. The van der Waals surface area contributed by atoms with Crippen LogP contribution in [-0.4, -0.2) is 35.0 Å². The number of nitrogens with one attached hydrogen (secondary N) is 1. The maximum absolute atomic E-state index is 12.1. The number of hydrogen-bond donors (Lipinski definition) is 1. The van der Waals surface area contributed by atoms with Crippen molar-refractivity contribution in [1.29, 1.82) is 0 Å². The van der Waals surface area contributed by atoms with Gasteiger partial charge in [0.1, 0.15) is 6.33 Å². The zero-order chi connectivity index (χ0) is 15.7. The second kappa shape index (κ2) is 5.55. The minimum atomic E-state index is -0.0770. The molecule has 0 bridgehead atoms. The molecule has 3 aromatic heterocycles. The van der Waals surface area contributed by atoms with Gasteiger partial charge in [0, 0.05) is 37.3 Å². The van der Waals surface area contributed by atoms with Crippen LogP contribution in [0.25, 0.3) is 5.78 Å². The van der Waals surface area contributed by atoms with E-state index < -0.39 is 0 Å². The van der Waals surface area contributed by atoms with Crippen LogP contribution in [0.2, 0.25) is 0 Å². The lowest BCUT2D eigenvalue weighted by Crippen LogP contribution is -2.16. The molecular weight excluding hydrogens is 282 g/mol. The fourth-order valence-corrected chi connectivity index (χ4v) is 2.43. The van der Waals surface area contributed by atoms with Gasteiger partial charge in [-0.1, -0.05) is 0 Å². The fourth-order valence-electron chi connectivity index (χ4n) is 2.43. The number of rotatable bonds is 4. The highest BCUT2D eigenvalue weighted by Crippen LogP contribution is 2.15. The molecular formula is C14H17N7O. The van der Waals surface area contributed by atoms with Crippen LogP contribution in [0.3, 0.4) is 0 Å². The monoisotopic (exact) mass is 299 g/mol. The van der Waals surface area contributed by atoms with Crippen molar-refractivity contribution in [2.24, 2.45) is 7.05 Å². The van der Waals surface area contributed by atoms with Gasteiger partial charge in [0.15, 0.2) is 0 Å². The number of anilines is 1. The van der Waals surface area contributed by atoms with Gasteiger partial charge < -0.3 is 4.57 Å². The molecule has 0 fully saturated rings. The van der Waals surface area contributed by atoms with E-state index in [2.05, 4.69) is 25.4 Å². The molecule has 0 aliphatic rings. The van der Waals surface area contributed by atoms with E-state index in [1.54, 1.807) is 21.5 Å². The third kappa shape index (κ3) is 2.54. The Kier molecular flexibility index (Phi) is 3.58. The summed E-state index contributed by atoms with van der Waals surface area (Å²) in [5, 5.41) is 6.94. The van der Waals surface area contributed by atoms with Crippen molar-refractivity contribution in [2.45, 2.75) is 26.7 Å². The highest BCUT2D eigenvalue weighted by atomic mass is 16.1. The molecule has 114 valence electrons. The molecule has 1 amide bonds. The van der Waals surface area contributed by atoms with Crippen molar-refractivity contribution >= 4 is 17.6 Å². The van der Waals surface area contributed by atoms with E-state index in [0.29, 0.717) is 24.6 Å². The average molecular weight is 299 g/mol. The molecule has 0 saturated carbocycles. The van der Waals surface area contributed by atoms with E-state index in [-0.39, 0.29) is 5.91 Å². The maximum atomic E-state index is 12.1. The third-order valence-electron chi connectivity index (χ3n) is 3.66. The standard InChI is InChI=1S/C14H17N7O/c1-9-11(10(2)21-14(18-9)16-8-17-21)4-5-12(22)19-13-15-6-7-20(13)3/h6-8H,4-5H2,1-3H3,(H,15,19,22). The van der Waals surface area contributed by atoms with Gasteiger partial charge >= 0.3 is 0 Å². The summed E-state index contributed by atoms with van der Waals surface area (Å²) in [4.78, 5) is 24.6. The Morgan fingerprint density at radius 1 is 1.32 bits per heavy atom. The molecule has 0 atom stereocenters. The minimum absolute atomic E-state index is 0.0770.